The summed E-state index contributed by atoms with van der Waals surface area (Å²) in [5.41, 5.74) is 2.45. The molecule has 1 atom stereocenters. The number of aliphatic hydroxyl groups excluding tert-OH is 1. The lowest BCUT2D eigenvalue weighted by Crippen LogP contribution is -2.44. The SMILES string of the molecule is CCCNCc1ccc(N2CCOC(CO)C2)cc1Br. The maximum absolute atomic E-state index is 9.21. The highest BCUT2D eigenvalue weighted by molar-refractivity contribution is 9.10. The third-order valence-electron chi connectivity index (χ3n) is 3.49. The highest BCUT2D eigenvalue weighted by atomic mass is 79.9. The van der Waals surface area contributed by atoms with Gasteiger partial charge in [-0.1, -0.05) is 28.9 Å². The molecule has 0 bridgehead atoms. The third kappa shape index (κ3) is 4.19. The van der Waals surface area contributed by atoms with Crippen LogP contribution in [0.3, 0.4) is 0 Å². The van der Waals surface area contributed by atoms with E-state index in [-0.39, 0.29) is 12.7 Å². The van der Waals surface area contributed by atoms with Gasteiger partial charge in [0.05, 0.1) is 19.3 Å². The van der Waals surface area contributed by atoms with Crippen LogP contribution in [0.25, 0.3) is 0 Å². The molecule has 4 nitrogen and oxygen atoms in total. The highest BCUT2D eigenvalue weighted by Crippen LogP contribution is 2.25. The summed E-state index contributed by atoms with van der Waals surface area (Å²) < 4.78 is 6.62. The second kappa shape index (κ2) is 7.98. The molecule has 1 saturated heterocycles. The third-order valence-corrected chi connectivity index (χ3v) is 4.22. The molecule has 1 aliphatic heterocycles. The minimum absolute atomic E-state index is 0.0755. The van der Waals surface area contributed by atoms with Crippen molar-refractivity contribution in [2.75, 3.05) is 37.7 Å². The van der Waals surface area contributed by atoms with E-state index in [9.17, 15) is 5.11 Å². The summed E-state index contributed by atoms with van der Waals surface area (Å²) in [5.74, 6) is 0. The molecule has 5 heteroatoms. The van der Waals surface area contributed by atoms with Crippen LogP contribution in [0.15, 0.2) is 22.7 Å². The lowest BCUT2D eigenvalue weighted by molar-refractivity contribution is 0.00356. The first-order valence-corrected chi connectivity index (χ1v) is 8.00. The van der Waals surface area contributed by atoms with Gasteiger partial charge in [0.1, 0.15) is 0 Å². The van der Waals surface area contributed by atoms with Gasteiger partial charge in [0.25, 0.3) is 0 Å². The van der Waals surface area contributed by atoms with Crippen LogP contribution in [0.2, 0.25) is 0 Å². The zero-order valence-corrected chi connectivity index (χ0v) is 13.5. The summed E-state index contributed by atoms with van der Waals surface area (Å²) in [6, 6.07) is 6.46. The van der Waals surface area contributed by atoms with Gasteiger partial charge in [0, 0.05) is 29.8 Å². The summed E-state index contributed by atoms with van der Waals surface area (Å²) in [4.78, 5) is 2.26. The normalized spacial score (nSPS) is 19.4. The fraction of sp³-hybridized carbons (Fsp3) is 0.600. The Morgan fingerprint density at radius 1 is 1.50 bits per heavy atom. The van der Waals surface area contributed by atoms with E-state index < -0.39 is 0 Å². The average molecular weight is 343 g/mol. The van der Waals surface area contributed by atoms with Gasteiger partial charge < -0.3 is 20.1 Å². The zero-order chi connectivity index (χ0) is 14.4. The molecule has 1 heterocycles. The van der Waals surface area contributed by atoms with Gasteiger partial charge in [-0.3, -0.25) is 0 Å². The Hall–Kier alpha value is -0.620. The summed E-state index contributed by atoms with van der Waals surface area (Å²) >= 11 is 3.65. The number of hydrogen-bond donors (Lipinski definition) is 2. The zero-order valence-electron chi connectivity index (χ0n) is 11.9. The largest absolute Gasteiger partial charge is 0.394 e. The summed E-state index contributed by atoms with van der Waals surface area (Å²) in [7, 11) is 0. The molecule has 1 aromatic rings. The van der Waals surface area contributed by atoms with Crippen molar-refractivity contribution in [1.29, 1.82) is 0 Å². The minimum Gasteiger partial charge on any atom is -0.394 e. The fourth-order valence-corrected chi connectivity index (χ4v) is 2.85. The Kier molecular flexibility index (Phi) is 6.29. The predicted octanol–water partition coefficient (Wildman–Crippen LogP) is 2.15. The van der Waals surface area contributed by atoms with Crippen LogP contribution < -0.4 is 10.2 Å². The molecule has 0 spiro atoms. The first-order valence-electron chi connectivity index (χ1n) is 7.21. The van der Waals surface area contributed by atoms with Gasteiger partial charge in [0.2, 0.25) is 0 Å². The number of hydrogen-bond acceptors (Lipinski definition) is 4. The van der Waals surface area contributed by atoms with Crippen LogP contribution in [0.1, 0.15) is 18.9 Å². The van der Waals surface area contributed by atoms with E-state index in [2.05, 4.69) is 51.3 Å². The Labute approximate surface area is 129 Å². The minimum atomic E-state index is -0.0755. The molecule has 0 amide bonds. The maximum Gasteiger partial charge on any atom is 0.0980 e. The van der Waals surface area contributed by atoms with Crippen molar-refractivity contribution in [3.8, 4) is 0 Å². The van der Waals surface area contributed by atoms with Crippen LogP contribution in [-0.2, 0) is 11.3 Å². The number of aliphatic hydroxyl groups is 1. The number of morpholine rings is 1. The van der Waals surface area contributed by atoms with Crippen LogP contribution >= 0.6 is 15.9 Å². The first kappa shape index (κ1) is 15.8. The molecule has 0 saturated carbocycles. The molecule has 2 rings (SSSR count). The van der Waals surface area contributed by atoms with Gasteiger partial charge >= 0.3 is 0 Å². The van der Waals surface area contributed by atoms with Crippen LogP contribution in [0.5, 0.6) is 0 Å². The topological polar surface area (TPSA) is 44.7 Å². The Bertz CT molecular complexity index is 428. The van der Waals surface area contributed by atoms with Crippen molar-refractivity contribution in [3.05, 3.63) is 28.2 Å². The number of nitrogens with zero attached hydrogens (tertiary/aromatic N) is 1. The van der Waals surface area contributed by atoms with Crippen molar-refractivity contribution < 1.29 is 9.84 Å². The van der Waals surface area contributed by atoms with E-state index >= 15 is 0 Å². The molecule has 1 unspecified atom stereocenters. The summed E-state index contributed by atoms with van der Waals surface area (Å²) in [6.45, 7) is 6.46. The molecule has 2 N–H and O–H groups in total. The van der Waals surface area contributed by atoms with E-state index in [0.717, 1.165) is 37.1 Å². The first-order chi connectivity index (χ1) is 9.74. The summed E-state index contributed by atoms with van der Waals surface area (Å²) in [6.07, 6.45) is 1.07. The van der Waals surface area contributed by atoms with E-state index in [0.29, 0.717) is 6.61 Å². The molecule has 0 radical (unpaired) electrons. The lowest BCUT2D eigenvalue weighted by atomic mass is 10.1. The number of rotatable bonds is 6. The molecule has 20 heavy (non-hydrogen) atoms. The van der Waals surface area contributed by atoms with Gasteiger partial charge in [-0.05, 0) is 30.7 Å². The smallest absolute Gasteiger partial charge is 0.0980 e. The van der Waals surface area contributed by atoms with E-state index in [1.807, 2.05) is 0 Å². The average Bonchev–Trinajstić information content (AvgIpc) is 2.49. The van der Waals surface area contributed by atoms with Crippen molar-refractivity contribution in [2.24, 2.45) is 0 Å². The lowest BCUT2D eigenvalue weighted by Gasteiger charge is -2.34. The molecule has 0 aliphatic carbocycles. The monoisotopic (exact) mass is 342 g/mol. The van der Waals surface area contributed by atoms with Crippen molar-refractivity contribution >= 4 is 21.6 Å². The Morgan fingerprint density at radius 2 is 2.35 bits per heavy atom. The highest BCUT2D eigenvalue weighted by Gasteiger charge is 2.20. The second-order valence-electron chi connectivity index (χ2n) is 5.07. The van der Waals surface area contributed by atoms with Gasteiger partial charge in [-0.25, -0.2) is 0 Å². The number of ether oxygens (including phenoxy) is 1. The maximum atomic E-state index is 9.21. The fourth-order valence-electron chi connectivity index (χ4n) is 2.34. The second-order valence-corrected chi connectivity index (χ2v) is 5.93. The Balaban J connectivity index is 2.00. The van der Waals surface area contributed by atoms with Gasteiger partial charge in [-0.15, -0.1) is 0 Å². The van der Waals surface area contributed by atoms with E-state index in [1.165, 1.54) is 11.3 Å². The molecular formula is C15H23BrN2O2. The van der Waals surface area contributed by atoms with Crippen LogP contribution in [0.4, 0.5) is 5.69 Å². The number of anilines is 1. The van der Waals surface area contributed by atoms with Crippen molar-refractivity contribution in [2.45, 2.75) is 26.0 Å². The standard InChI is InChI=1S/C15H23BrN2O2/c1-2-5-17-9-12-3-4-13(8-15(12)16)18-6-7-20-14(10-18)11-19/h3-4,8,14,17,19H,2,5-7,9-11H2,1H3. The molecule has 1 aliphatic rings. The number of benzene rings is 1. The molecule has 112 valence electrons. The van der Waals surface area contributed by atoms with Crippen molar-refractivity contribution in [1.82, 2.24) is 5.32 Å². The molecule has 1 aromatic carbocycles. The van der Waals surface area contributed by atoms with E-state index in [4.69, 9.17) is 4.74 Å². The van der Waals surface area contributed by atoms with E-state index in [1.54, 1.807) is 0 Å². The van der Waals surface area contributed by atoms with Crippen LogP contribution in [0, 0.1) is 0 Å². The van der Waals surface area contributed by atoms with Gasteiger partial charge in [0.15, 0.2) is 0 Å². The number of halogens is 1. The molecule has 0 aromatic heterocycles. The summed E-state index contributed by atoms with van der Waals surface area (Å²) in [5, 5.41) is 12.6. The number of nitrogens with one attached hydrogen (secondary N) is 1. The molecule has 1 fully saturated rings. The predicted molar refractivity (Wildman–Crippen MR) is 85.2 cm³/mol. The van der Waals surface area contributed by atoms with Gasteiger partial charge in [-0.2, -0.15) is 0 Å². The van der Waals surface area contributed by atoms with Crippen LogP contribution in [-0.4, -0.2) is 44.1 Å². The quantitative estimate of drug-likeness (QED) is 0.777. The molecular weight excluding hydrogens is 320 g/mol. The Morgan fingerprint density at radius 3 is 3.05 bits per heavy atom. The van der Waals surface area contributed by atoms with Crippen molar-refractivity contribution in [3.63, 3.8) is 0 Å².